The number of rotatable bonds is 6. The number of nitrogens with two attached hydrogens (primary N) is 1. The zero-order valence-corrected chi connectivity index (χ0v) is 16.7. The number of benzene rings is 2. The van der Waals surface area contributed by atoms with Gasteiger partial charge in [-0.2, -0.15) is 0 Å². The van der Waals surface area contributed by atoms with Crippen molar-refractivity contribution in [2.75, 3.05) is 18.6 Å². The fourth-order valence-corrected chi connectivity index (χ4v) is 4.25. The van der Waals surface area contributed by atoms with Gasteiger partial charge in [0.25, 0.3) is 0 Å². The Hall–Kier alpha value is -3.02. The summed E-state index contributed by atoms with van der Waals surface area (Å²) in [6, 6.07) is 13.3. The quantitative estimate of drug-likeness (QED) is 0.577. The fraction of sp³-hybridized carbons (Fsp3) is 0.391. The number of hydrogen-bond acceptors (Lipinski definition) is 4. The normalized spacial score (nSPS) is 19.6. The fourth-order valence-electron chi connectivity index (χ4n) is 4.25. The van der Waals surface area contributed by atoms with E-state index in [0.29, 0.717) is 18.5 Å². The first kappa shape index (κ1) is 19.3. The second kappa shape index (κ2) is 8.15. The Kier molecular flexibility index (Phi) is 5.43. The van der Waals surface area contributed by atoms with E-state index in [-0.39, 0.29) is 23.8 Å². The van der Waals surface area contributed by atoms with Crippen molar-refractivity contribution in [2.45, 2.75) is 44.1 Å². The van der Waals surface area contributed by atoms with Gasteiger partial charge in [-0.05, 0) is 55.5 Å². The maximum atomic E-state index is 12.7. The highest BCUT2D eigenvalue weighted by atomic mass is 16.5. The summed E-state index contributed by atoms with van der Waals surface area (Å²) >= 11 is 0. The van der Waals surface area contributed by atoms with Crippen molar-refractivity contribution in [1.29, 1.82) is 5.41 Å². The monoisotopic (exact) mass is 393 g/mol. The Morgan fingerprint density at radius 1 is 1.14 bits per heavy atom. The van der Waals surface area contributed by atoms with Gasteiger partial charge in [-0.3, -0.25) is 10.2 Å². The van der Waals surface area contributed by atoms with Gasteiger partial charge in [-0.25, -0.2) is 0 Å². The molecule has 0 spiro atoms. The van der Waals surface area contributed by atoms with Crippen molar-refractivity contribution in [3.05, 3.63) is 53.6 Å². The molecule has 0 aromatic heterocycles. The minimum absolute atomic E-state index is 0.00102. The van der Waals surface area contributed by atoms with E-state index < -0.39 is 0 Å². The Morgan fingerprint density at radius 2 is 1.93 bits per heavy atom. The van der Waals surface area contributed by atoms with Crippen molar-refractivity contribution < 1.29 is 14.3 Å². The number of carbonyl (C=O) groups is 1. The van der Waals surface area contributed by atoms with Crippen LogP contribution in [0.15, 0.2) is 42.5 Å². The zero-order valence-electron chi connectivity index (χ0n) is 16.7. The first-order valence-electron chi connectivity index (χ1n) is 10.1. The zero-order chi connectivity index (χ0) is 20.4. The topological polar surface area (TPSA) is 88.6 Å². The van der Waals surface area contributed by atoms with Crippen LogP contribution in [0.5, 0.6) is 11.5 Å². The second-order valence-corrected chi connectivity index (χ2v) is 7.80. The SMILES string of the molecule is COc1ccc([C@H]2CC(=O)N(c3cccc(C(=N)N)c3)C2)cc1OC1CCCC1. The molecule has 0 radical (unpaired) electrons. The number of amides is 1. The number of amidine groups is 1. The van der Waals surface area contributed by atoms with Crippen LogP contribution in [-0.2, 0) is 4.79 Å². The summed E-state index contributed by atoms with van der Waals surface area (Å²) in [5.74, 6) is 1.65. The predicted octanol–water partition coefficient (Wildman–Crippen LogP) is 3.82. The number of carbonyl (C=O) groups excluding carboxylic acids is 1. The molecule has 1 aliphatic heterocycles. The standard InChI is InChI=1S/C23H27N3O3/c1-28-20-10-9-15(12-21(20)29-19-7-2-3-8-19)17-13-22(27)26(14-17)18-6-4-5-16(11-18)23(24)25/h4-6,9-12,17,19H,2-3,7-8,13-14H2,1H3,(H3,24,25)/t17-/m0/s1. The lowest BCUT2D eigenvalue weighted by atomic mass is 9.98. The van der Waals surface area contributed by atoms with Gasteiger partial charge < -0.3 is 20.1 Å². The molecule has 2 aromatic rings. The molecule has 2 fully saturated rings. The second-order valence-electron chi connectivity index (χ2n) is 7.80. The smallest absolute Gasteiger partial charge is 0.227 e. The number of ether oxygens (including phenoxy) is 2. The van der Waals surface area contributed by atoms with Crippen molar-refractivity contribution in [1.82, 2.24) is 0 Å². The molecule has 6 heteroatoms. The molecule has 3 N–H and O–H groups in total. The van der Waals surface area contributed by atoms with Crippen LogP contribution >= 0.6 is 0 Å². The summed E-state index contributed by atoms with van der Waals surface area (Å²) in [5, 5.41) is 7.63. The molecule has 1 aliphatic carbocycles. The van der Waals surface area contributed by atoms with E-state index in [4.69, 9.17) is 20.6 Å². The molecule has 6 nitrogen and oxygen atoms in total. The van der Waals surface area contributed by atoms with Gasteiger partial charge in [0.05, 0.1) is 13.2 Å². The molecule has 152 valence electrons. The van der Waals surface area contributed by atoms with Gasteiger partial charge in [0.2, 0.25) is 5.91 Å². The van der Waals surface area contributed by atoms with Crippen molar-refractivity contribution in [3.8, 4) is 11.5 Å². The minimum atomic E-state index is -0.00102. The van der Waals surface area contributed by atoms with Crippen LogP contribution in [0.1, 0.15) is 49.1 Å². The van der Waals surface area contributed by atoms with Gasteiger partial charge in [-0.1, -0.05) is 18.2 Å². The minimum Gasteiger partial charge on any atom is -0.493 e. The molecule has 0 bridgehead atoms. The van der Waals surface area contributed by atoms with Gasteiger partial charge in [0.15, 0.2) is 11.5 Å². The third kappa shape index (κ3) is 4.06. The highest BCUT2D eigenvalue weighted by Crippen LogP contribution is 2.38. The third-order valence-corrected chi connectivity index (χ3v) is 5.85. The number of nitrogens with zero attached hydrogens (tertiary/aromatic N) is 1. The summed E-state index contributed by atoms with van der Waals surface area (Å²) < 4.78 is 11.7. The van der Waals surface area contributed by atoms with E-state index in [1.54, 1.807) is 24.1 Å². The van der Waals surface area contributed by atoms with Crippen LogP contribution in [0.4, 0.5) is 5.69 Å². The lowest BCUT2D eigenvalue weighted by molar-refractivity contribution is -0.117. The molecule has 2 aromatic carbocycles. The van der Waals surface area contributed by atoms with Crippen LogP contribution in [-0.4, -0.2) is 31.5 Å². The molecule has 0 unspecified atom stereocenters. The highest BCUT2D eigenvalue weighted by Gasteiger charge is 2.32. The Labute approximate surface area is 171 Å². The number of methoxy groups -OCH3 is 1. The predicted molar refractivity (Wildman–Crippen MR) is 113 cm³/mol. The Balaban J connectivity index is 1.55. The van der Waals surface area contributed by atoms with E-state index in [9.17, 15) is 4.79 Å². The third-order valence-electron chi connectivity index (χ3n) is 5.85. The van der Waals surface area contributed by atoms with Crippen LogP contribution in [0, 0.1) is 5.41 Å². The van der Waals surface area contributed by atoms with Crippen molar-refractivity contribution >= 4 is 17.4 Å². The first-order valence-corrected chi connectivity index (χ1v) is 10.1. The van der Waals surface area contributed by atoms with E-state index >= 15 is 0 Å². The lowest BCUT2D eigenvalue weighted by Gasteiger charge is -2.20. The molecule has 4 rings (SSSR count). The molecular weight excluding hydrogens is 366 g/mol. The molecule has 1 saturated heterocycles. The number of nitrogen functional groups attached to an aromatic ring is 1. The van der Waals surface area contributed by atoms with Crippen LogP contribution in [0.3, 0.4) is 0 Å². The van der Waals surface area contributed by atoms with Gasteiger partial charge >= 0.3 is 0 Å². The Morgan fingerprint density at radius 3 is 2.66 bits per heavy atom. The van der Waals surface area contributed by atoms with Crippen LogP contribution in [0.25, 0.3) is 0 Å². The van der Waals surface area contributed by atoms with Gasteiger partial charge in [-0.15, -0.1) is 0 Å². The average Bonchev–Trinajstić information content (AvgIpc) is 3.37. The van der Waals surface area contributed by atoms with Gasteiger partial charge in [0, 0.05) is 30.1 Å². The first-order chi connectivity index (χ1) is 14.0. The highest BCUT2D eigenvalue weighted by molar-refractivity contribution is 6.00. The summed E-state index contributed by atoms with van der Waals surface area (Å²) in [5.41, 5.74) is 8.08. The molecule has 1 heterocycles. The van der Waals surface area contributed by atoms with E-state index in [1.807, 2.05) is 30.3 Å². The summed E-state index contributed by atoms with van der Waals surface area (Å²) in [6.07, 6.45) is 5.26. The summed E-state index contributed by atoms with van der Waals surface area (Å²) in [4.78, 5) is 14.5. The molecule has 1 saturated carbocycles. The number of hydrogen-bond donors (Lipinski definition) is 2. The maximum Gasteiger partial charge on any atom is 0.227 e. The average molecular weight is 393 g/mol. The summed E-state index contributed by atoms with van der Waals surface area (Å²) in [7, 11) is 1.65. The Bertz CT molecular complexity index is 921. The van der Waals surface area contributed by atoms with Crippen molar-refractivity contribution in [2.24, 2.45) is 5.73 Å². The number of anilines is 1. The lowest BCUT2D eigenvalue weighted by Crippen LogP contribution is -2.24. The maximum absolute atomic E-state index is 12.7. The van der Waals surface area contributed by atoms with E-state index in [0.717, 1.165) is 35.6 Å². The van der Waals surface area contributed by atoms with Crippen LogP contribution in [0.2, 0.25) is 0 Å². The molecule has 1 atom stereocenters. The molecule has 2 aliphatic rings. The molecular formula is C23H27N3O3. The largest absolute Gasteiger partial charge is 0.493 e. The van der Waals surface area contributed by atoms with Crippen molar-refractivity contribution in [3.63, 3.8) is 0 Å². The van der Waals surface area contributed by atoms with E-state index in [2.05, 4.69) is 0 Å². The van der Waals surface area contributed by atoms with Crippen LogP contribution < -0.4 is 20.1 Å². The van der Waals surface area contributed by atoms with E-state index in [1.165, 1.54) is 12.8 Å². The molecule has 29 heavy (non-hydrogen) atoms. The molecule has 1 amide bonds. The number of nitrogens with one attached hydrogen (secondary N) is 1. The summed E-state index contributed by atoms with van der Waals surface area (Å²) in [6.45, 7) is 0.593. The van der Waals surface area contributed by atoms with Gasteiger partial charge in [0.1, 0.15) is 5.84 Å².